The van der Waals surface area contributed by atoms with E-state index in [4.69, 9.17) is 0 Å². The van der Waals surface area contributed by atoms with Crippen molar-refractivity contribution in [3.05, 3.63) is 40.4 Å². The van der Waals surface area contributed by atoms with Gasteiger partial charge in [0.25, 0.3) is 5.91 Å². The molecule has 0 aliphatic carbocycles. The Balaban J connectivity index is 1.77. The van der Waals surface area contributed by atoms with Gasteiger partial charge in [-0.3, -0.25) is 4.79 Å². The van der Waals surface area contributed by atoms with Gasteiger partial charge in [0.1, 0.15) is 9.88 Å². The molecule has 2 aromatic rings. The van der Waals surface area contributed by atoms with E-state index in [2.05, 4.69) is 10.3 Å². The van der Waals surface area contributed by atoms with Crippen LogP contribution in [0.1, 0.15) is 27.3 Å². The molecule has 3 rings (SSSR count). The van der Waals surface area contributed by atoms with Gasteiger partial charge >= 0.3 is 6.18 Å². The number of carbonyl (C=O) groups is 1. The monoisotopic (exact) mass is 404 g/mol. The van der Waals surface area contributed by atoms with E-state index in [1.54, 1.807) is 6.92 Å². The Kier molecular flexibility index (Phi) is 4.82. The lowest BCUT2D eigenvalue weighted by molar-refractivity contribution is -0.137. The van der Waals surface area contributed by atoms with E-state index in [9.17, 15) is 26.4 Å². The van der Waals surface area contributed by atoms with E-state index < -0.39 is 33.5 Å². The molecule has 2 heterocycles. The van der Waals surface area contributed by atoms with Crippen LogP contribution in [0, 0.1) is 6.92 Å². The zero-order valence-corrected chi connectivity index (χ0v) is 15.3. The highest BCUT2D eigenvalue weighted by Crippen LogP contribution is 2.33. The summed E-state index contributed by atoms with van der Waals surface area (Å²) in [6.07, 6.45) is -4.04. The molecule has 0 unspecified atom stereocenters. The molecule has 1 atom stereocenters. The maximum Gasteiger partial charge on any atom is 0.416 e. The van der Waals surface area contributed by atoms with Crippen molar-refractivity contribution in [2.45, 2.75) is 25.6 Å². The molecular weight excluding hydrogens is 389 g/mol. The molecule has 26 heavy (non-hydrogen) atoms. The first-order valence-electron chi connectivity index (χ1n) is 7.71. The Morgan fingerprint density at radius 3 is 2.46 bits per heavy atom. The summed E-state index contributed by atoms with van der Waals surface area (Å²) in [6.45, 7) is 1.63. The van der Waals surface area contributed by atoms with E-state index in [0.717, 1.165) is 23.5 Å². The van der Waals surface area contributed by atoms with Crippen LogP contribution >= 0.6 is 11.3 Å². The molecule has 5 nitrogen and oxygen atoms in total. The topological polar surface area (TPSA) is 76.1 Å². The molecule has 0 bridgehead atoms. The summed E-state index contributed by atoms with van der Waals surface area (Å²) in [6, 6.07) is 4.13. The Hall–Kier alpha value is -1.94. The van der Waals surface area contributed by atoms with Crippen LogP contribution in [0.15, 0.2) is 24.3 Å². The molecule has 140 valence electrons. The summed E-state index contributed by atoms with van der Waals surface area (Å²) in [7, 11) is -3.11. The van der Waals surface area contributed by atoms with Crippen LogP contribution in [-0.4, -0.2) is 36.9 Å². The van der Waals surface area contributed by atoms with Crippen molar-refractivity contribution < 1.29 is 26.4 Å². The molecule has 1 aliphatic heterocycles. The molecule has 0 saturated carbocycles. The number of hydrogen-bond acceptors (Lipinski definition) is 5. The average molecular weight is 404 g/mol. The van der Waals surface area contributed by atoms with Gasteiger partial charge in [-0.15, -0.1) is 11.3 Å². The molecule has 1 aromatic carbocycles. The van der Waals surface area contributed by atoms with E-state index in [0.29, 0.717) is 27.6 Å². The van der Waals surface area contributed by atoms with E-state index in [1.807, 2.05) is 0 Å². The summed E-state index contributed by atoms with van der Waals surface area (Å²) in [5, 5.41) is 3.12. The molecule has 1 aromatic heterocycles. The number of aryl methyl sites for hydroxylation is 1. The fraction of sp³-hybridized carbons (Fsp3) is 0.375. The average Bonchev–Trinajstić information content (AvgIpc) is 3.09. The van der Waals surface area contributed by atoms with Crippen LogP contribution in [0.25, 0.3) is 10.6 Å². The van der Waals surface area contributed by atoms with Gasteiger partial charge in [-0.05, 0) is 25.5 Å². The van der Waals surface area contributed by atoms with Crippen molar-refractivity contribution in [2.75, 3.05) is 11.5 Å². The Labute approximate surface area is 152 Å². The van der Waals surface area contributed by atoms with Crippen molar-refractivity contribution in [3.63, 3.8) is 0 Å². The third-order valence-corrected chi connectivity index (χ3v) is 7.00. The molecule has 1 saturated heterocycles. The Bertz CT molecular complexity index is 935. The van der Waals surface area contributed by atoms with Crippen LogP contribution < -0.4 is 5.32 Å². The lowest BCUT2D eigenvalue weighted by Crippen LogP contribution is -2.35. The van der Waals surface area contributed by atoms with E-state index >= 15 is 0 Å². The lowest BCUT2D eigenvalue weighted by Gasteiger charge is -2.09. The van der Waals surface area contributed by atoms with Gasteiger partial charge < -0.3 is 5.32 Å². The number of rotatable bonds is 3. The van der Waals surface area contributed by atoms with Gasteiger partial charge in [0.05, 0.1) is 22.8 Å². The van der Waals surface area contributed by atoms with Gasteiger partial charge in [0, 0.05) is 11.6 Å². The third kappa shape index (κ3) is 4.07. The van der Waals surface area contributed by atoms with Crippen LogP contribution in [0.4, 0.5) is 13.2 Å². The van der Waals surface area contributed by atoms with Gasteiger partial charge in [-0.2, -0.15) is 13.2 Å². The summed E-state index contributed by atoms with van der Waals surface area (Å²) in [4.78, 5) is 17.0. The number of alkyl halides is 3. The predicted molar refractivity (Wildman–Crippen MR) is 91.8 cm³/mol. The minimum absolute atomic E-state index is 0.0520. The number of aromatic nitrogens is 1. The SMILES string of the molecule is Cc1nc(-c2ccc(C(F)(F)F)cc2)sc1C(=O)N[C@H]1CCS(=O)(=O)C1. The normalized spacial score (nSPS) is 19.5. The second-order valence-electron chi connectivity index (χ2n) is 6.08. The van der Waals surface area contributed by atoms with Gasteiger partial charge in [-0.1, -0.05) is 12.1 Å². The predicted octanol–water partition coefficient (Wildman–Crippen LogP) is 3.05. The van der Waals surface area contributed by atoms with Crippen molar-refractivity contribution in [3.8, 4) is 10.6 Å². The van der Waals surface area contributed by atoms with E-state index in [1.165, 1.54) is 12.1 Å². The number of halogens is 3. The Morgan fingerprint density at radius 2 is 1.92 bits per heavy atom. The largest absolute Gasteiger partial charge is 0.416 e. The molecule has 10 heteroatoms. The van der Waals surface area contributed by atoms with Crippen LogP contribution in [-0.2, 0) is 16.0 Å². The number of amides is 1. The number of nitrogens with one attached hydrogen (secondary N) is 1. The lowest BCUT2D eigenvalue weighted by atomic mass is 10.1. The molecule has 0 radical (unpaired) electrons. The van der Waals surface area contributed by atoms with Gasteiger partial charge in [0.2, 0.25) is 0 Å². The maximum absolute atomic E-state index is 12.6. The zero-order chi connectivity index (χ0) is 19.1. The number of sulfone groups is 1. The van der Waals surface area contributed by atoms with E-state index in [-0.39, 0.29) is 11.5 Å². The highest BCUT2D eigenvalue weighted by Gasteiger charge is 2.31. The van der Waals surface area contributed by atoms with Crippen molar-refractivity contribution >= 4 is 27.1 Å². The fourth-order valence-electron chi connectivity index (χ4n) is 2.69. The smallest absolute Gasteiger partial charge is 0.347 e. The second-order valence-corrected chi connectivity index (χ2v) is 9.31. The van der Waals surface area contributed by atoms with Crippen molar-refractivity contribution in [2.24, 2.45) is 0 Å². The molecule has 0 spiro atoms. The zero-order valence-electron chi connectivity index (χ0n) is 13.6. The van der Waals surface area contributed by atoms with Crippen molar-refractivity contribution in [1.29, 1.82) is 0 Å². The standard InChI is InChI=1S/C16H15F3N2O3S2/c1-9-13(14(22)21-12-6-7-26(23,24)8-12)25-15(20-9)10-2-4-11(5-3-10)16(17,18)19/h2-5,12H,6-8H2,1H3,(H,21,22)/t12-/m0/s1. The number of carbonyl (C=O) groups excluding carboxylic acids is 1. The van der Waals surface area contributed by atoms with Gasteiger partial charge in [0.15, 0.2) is 9.84 Å². The molecular formula is C16H15F3N2O3S2. The highest BCUT2D eigenvalue weighted by atomic mass is 32.2. The highest BCUT2D eigenvalue weighted by molar-refractivity contribution is 7.91. The quantitative estimate of drug-likeness (QED) is 0.853. The van der Waals surface area contributed by atoms with Crippen LogP contribution in [0.5, 0.6) is 0 Å². The first kappa shape index (κ1) is 18.8. The second kappa shape index (κ2) is 6.66. The summed E-state index contributed by atoms with van der Waals surface area (Å²) in [5.74, 6) is -0.445. The van der Waals surface area contributed by atoms with Crippen molar-refractivity contribution in [1.82, 2.24) is 10.3 Å². The van der Waals surface area contributed by atoms with Gasteiger partial charge in [-0.25, -0.2) is 13.4 Å². The summed E-state index contributed by atoms with van der Waals surface area (Å²) in [5.41, 5.74) is 0.173. The first-order chi connectivity index (χ1) is 12.0. The van der Waals surface area contributed by atoms with Crippen LogP contribution in [0.3, 0.4) is 0 Å². The maximum atomic E-state index is 12.6. The minimum atomic E-state index is -4.41. The number of nitrogens with zero attached hydrogens (tertiary/aromatic N) is 1. The molecule has 1 aliphatic rings. The summed E-state index contributed by atoms with van der Waals surface area (Å²) >= 11 is 1.06. The summed E-state index contributed by atoms with van der Waals surface area (Å²) < 4.78 is 60.9. The molecule has 1 N–H and O–H groups in total. The fourth-order valence-corrected chi connectivity index (χ4v) is 5.34. The Morgan fingerprint density at radius 1 is 1.27 bits per heavy atom. The number of benzene rings is 1. The molecule has 1 fully saturated rings. The van der Waals surface area contributed by atoms with Crippen LogP contribution in [0.2, 0.25) is 0 Å². The third-order valence-electron chi connectivity index (χ3n) is 4.03. The number of thiazole rings is 1. The molecule has 1 amide bonds. The first-order valence-corrected chi connectivity index (χ1v) is 10.4. The minimum Gasteiger partial charge on any atom is -0.347 e. The number of hydrogen-bond donors (Lipinski definition) is 1.